The second-order valence-electron chi connectivity index (χ2n) is 5.01. The lowest BCUT2D eigenvalue weighted by molar-refractivity contribution is 0.1000. The van der Waals surface area contributed by atoms with Gasteiger partial charge in [-0.25, -0.2) is 4.98 Å². The van der Waals surface area contributed by atoms with Crippen LogP contribution < -0.4 is 16.0 Å². The molecule has 1 saturated heterocycles. The summed E-state index contributed by atoms with van der Waals surface area (Å²) in [5.41, 5.74) is 6.73. The first-order chi connectivity index (χ1) is 9.11. The van der Waals surface area contributed by atoms with Gasteiger partial charge in [-0.2, -0.15) is 0 Å². The van der Waals surface area contributed by atoms with Crippen molar-refractivity contribution in [3.05, 3.63) is 23.4 Å². The average molecular weight is 262 g/mol. The molecule has 1 fully saturated rings. The molecule has 5 heteroatoms. The molecule has 3 N–H and O–H groups in total. The lowest BCUT2D eigenvalue weighted by atomic mass is 10.1. The van der Waals surface area contributed by atoms with Gasteiger partial charge in [-0.05, 0) is 45.4 Å². The molecule has 1 amide bonds. The molecular formula is C14H22N4O. The molecule has 0 spiro atoms. The van der Waals surface area contributed by atoms with Crippen molar-refractivity contribution in [1.29, 1.82) is 0 Å². The molecule has 0 bridgehead atoms. The van der Waals surface area contributed by atoms with Crippen LogP contribution in [0.4, 0.5) is 5.82 Å². The molecule has 1 aromatic heterocycles. The van der Waals surface area contributed by atoms with Gasteiger partial charge in [0.1, 0.15) is 5.82 Å². The summed E-state index contributed by atoms with van der Waals surface area (Å²) in [6, 6.07) is 3.97. The molecule has 1 aliphatic rings. The summed E-state index contributed by atoms with van der Waals surface area (Å²) < 4.78 is 0. The number of likely N-dealkylation sites (N-methyl/N-ethyl adjacent to an activating group) is 1. The van der Waals surface area contributed by atoms with Gasteiger partial charge in [0, 0.05) is 30.4 Å². The zero-order valence-corrected chi connectivity index (χ0v) is 11.6. The number of nitrogens with zero attached hydrogens (tertiary/aromatic N) is 2. The number of carbonyl (C=O) groups excluding carboxylic acids is 1. The number of hydrogen-bond acceptors (Lipinski definition) is 4. The SMILES string of the molecule is CCN(c1cc(C(N)=O)cc(C)n1)C1CCCNC1. The average Bonchev–Trinajstić information content (AvgIpc) is 2.40. The van der Waals surface area contributed by atoms with Crippen molar-refractivity contribution in [2.75, 3.05) is 24.5 Å². The summed E-state index contributed by atoms with van der Waals surface area (Å²) in [5.74, 6) is 0.453. The summed E-state index contributed by atoms with van der Waals surface area (Å²) in [6.07, 6.45) is 2.33. The Morgan fingerprint density at radius 3 is 2.95 bits per heavy atom. The fourth-order valence-corrected chi connectivity index (χ4v) is 2.65. The van der Waals surface area contributed by atoms with Crippen LogP contribution in [-0.4, -0.2) is 36.6 Å². The Labute approximate surface area is 114 Å². The van der Waals surface area contributed by atoms with Gasteiger partial charge in [0.25, 0.3) is 0 Å². The Bertz CT molecular complexity index is 455. The number of hydrogen-bond donors (Lipinski definition) is 2. The normalized spacial score (nSPS) is 19.2. The molecular weight excluding hydrogens is 240 g/mol. The minimum Gasteiger partial charge on any atom is -0.366 e. The number of piperidine rings is 1. The Kier molecular flexibility index (Phi) is 4.37. The van der Waals surface area contributed by atoms with Gasteiger partial charge >= 0.3 is 0 Å². The van der Waals surface area contributed by atoms with E-state index in [0.29, 0.717) is 11.6 Å². The van der Waals surface area contributed by atoms with Crippen LogP contribution in [0.1, 0.15) is 35.8 Å². The summed E-state index contributed by atoms with van der Waals surface area (Å²) >= 11 is 0. The highest BCUT2D eigenvalue weighted by Gasteiger charge is 2.21. The van der Waals surface area contributed by atoms with Gasteiger partial charge in [-0.15, -0.1) is 0 Å². The quantitative estimate of drug-likeness (QED) is 0.851. The van der Waals surface area contributed by atoms with Crippen molar-refractivity contribution in [3.8, 4) is 0 Å². The largest absolute Gasteiger partial charge is 0.366 e. The molecule has 1 aromatic rings. The molecule has 19 heavy (non-hydrogen) atoms. The first-order valence-electron chi connectivity index (χ1n) is 6.87. The van der Waals surface area contributed by atoms with E-state index in [1.165, 1.54) is 6.42 Å². The van der Waals surface area contributed by atoms with E-state index in [9.17, 15) is 4.79 Å². The predicted octanol–water partition coefficient (Wildman–Crippen LogP) is 1.07. The zero-order valence-electron chi connectivity index (χ0n) is 11.6. The number of anilines is 1. The van der Waals surface area contributed by atoms with E-state index in [1.807, 2.05) is 6.92 Å². The van der Waals surface area contributed by atoms with Gasteiger partial charge in [0.05, 0.1) is 0 Å². The highest BCUT2D eigenvalue weighted by atomic mass is 16.1. The summed E-state index contributed by atoms with van der Waals surface area (Å²) in [7, 11) is 0. The first-order valence-corrected chi connectivity index (χ1v) is 6.87. The molecule has 0 saturated carbocycles. The molecule has 1 atom stereocenters. The monoisotopic (exact) mass is 262 g/mol. The third kappa shape index (κ3) is 3.23. The van der Waals surface area contributed by atoms with Crippen LogP contribution in [0.3, 0.4) is 0 Å². The molecule has 2 heterocycles. The summed E-state index contributed by atoms with van der Waals surface area (Å²) in [5, 5.41) is 3.41. The van der Waals surface area contributed by atoms with Crippen LogP contribution >= 0.6 is 0 Å². The van der Waals surface area contributed by atoms with Crippen LogP contribution in [-0.2, 0) is 0 Å². The number of nitrogens with two attached hydrogens (primary N) is 1. The lowest BCUT2D eigenvalue weighted by Crippen LogP contribution is -2.46. The predicted molar refractivity (Wildman–Crippen MR) is 76.4 cm³/mol. The van der Waals surface area contributed by atoms with Crippen LogP contribution in [0.5, 0.6) is 0 Å². The van der Waals surface area contributed by atoms with Gasteiger partial charge in [-0.1, -0.05) is 0 Å². The molecule has 0 aromatic carbocycles. The zero-order chi connectivity index (χ0) is 13.8. The van der Waals surface area contributed by atoms with E-state index in [-0.39, 0.29) is 0 Å². The molecule has 104 valence electrons. The van der Waals surface area contributed by atoms with E-state index in [0.717, 1.165) is 37.6 Å². The van der Waals surface area contributed by atoms with Crippen LogP contribution in [0.2, 0.25) is 0 Å². The number of amides is 1. The van der Waals surface area contributed by atoms with Crippen molar-refractivity contribution in [2.45, 2.75) is 32.7 Å². The summed E-state index contributed by atoms with van der Waals surface area (Å²) in [6.45, 7) is 6.93. The molecule has 0 radical (unpaired) electrons. The van der Waals surface area contributed by atoms with Gasteiger partial charge in [0.15, 0.2) is 0 Å². The van der Waals surface area contributed by atoms with Crippen LogP contribution in [0.15, 0.2) is 12.1 Å². The maximum atomic E-state index is 11.4. The van der Waals surface area contributed by atoms with Crippen molar-refractivity contribution in [1.82, 2.24) is 10.3 Å². The highest BCUT2D eigenvalue weighted by molar-refractivity contribution is 5.93. The Hall–Kier alpha value is -1.62. The van der Waals surface area contributed by atoms with Crippen molar-refractivity contribution in [2.24, 2.45) is 5.73 Å². The fourth-order valence-electron chi connectivity index (χ4n) is 2.65. The van der Waals surface area contributed by atoms with Crippen LogP contribution in [0, 0.1) is 6.92 Å². The maximum Gasteiger partial charge on any atom is 0.248 e. The number of pyridine rings is 1. The fraction of sp³-hybridized carbons (Fsp3) is 0.571. The second kappa shape index (κ2) is 6.02. The Balaban J connectivity index is 2.28. The van der Waals surface area contributed by atoms with E-state index < -0.39 is 5.91 Å². The third-order valence-electron chi connectivity index (χ3n) is 3.57. The number of primary amides is 1. The topological polar surface area (TPSA) is 71.2 Å². The van der Waals surface area contributed by atoms with E-state index in [1.54, 1.807) is 12.1 Å². The van der Waals surface area contributed by atoms with Crippen molar-refractivity contribution >= 4 is 11.7 Å². The lowest BCUT2D eigenvalue weighted by Gasteiger charge is -2.35. The molecule has 5 nitrogen and oxygen atoms in total. The molecule has 1 unspecified atom stereocenters. The van der Waals surface area contributed by atoms with Crippen molar-refractivity contribution < 1.29 is 4.79 Å². The number of carbonyl (C=O) groups is 1. The summed E-state index contributed by atoms with van der Waals surface area (Å²) in [4.78, 5) is 18.2. The van der Waals surface area contributed by atoms with E-state index in [4.69, 9.17) is 5.73 Å². The number of nitrogens with one attached hydrogen (secondary N) is 1. The minimum atomic E-state index is -0.399. The van der Waals surface area contributed by atoms with Gasteiger partial charge in [0.2, 0.25) is 5.91 Å². The highest BCUT2D eigenvalue weighted by Crippen LogP contribution is 2.20. The number of rotatable bonds is 4. The Morgan fingerprint density at radius 1 is 1.58 bits per heavy atom. The minimum absolute atomic E-state index is 0.399. The first kappa shape index (κ1) is 13.8. The maximum absolute atomic E-state index is 11.4. The molecule has 1 aliphatic heterocycles. The van der Waals surface area contributed by atoms with Gasteiger partial charge < -0.3 is 16.0 Å². The standard InChI is InChI=1S/C14H22N4O/c1-3-18(12-5-4-6-16-9-12)13-8-11(14(15)19)7-10(2)17-13/h7-8,12,16H,3-6,9H2,1-2H3,(H2,15,19). The van der Waals surface area contributed by atoms with Crippen molar-refractivity contribution in [3.63, 3.8) is 0 Å². The second-order valence-corrected chi connectivity index (χ2v) is 5.01. The smallest absolute Gasteiger partial charge is 0.248 e. The molecule has 2 rings (SSSR count). The number of aryl methyl sites for hydroxylation is 1. The third-order valence-corrected chi connectivity index (χ3v) is 3.57. The number of aromatic nitrogens is 1. The van der Waals surface area contributed by atoms with E-state index >= 15 is 0 Å². The van der Waals surface area contributed by atoms with Gasteiger partial charge in [-0.3, -0.25) is 4.79 Å². The van der Waals surface area contributed by atoms with E-state index in [2.05, 4.69) is 22.1 Å². The Morgan fingerprint density at radius 2 is 2.37 bits per heavy atom. The molecule has 0 aliphatic carbocycles. The van der Waals surface area contributed by atoms with Crippen LogP contribution in [0.25, 0.3) is 0 Å².